The third kappa shape index (κ3) is 4.90. The highest BCUT2D eigenvalue weighted by Crippen LogP contribution is 2.24. The van der Waals surface area contributed by atoms with Gasteiger partial charge in [-0.2, -0.15) is 0 Å². The Hall–Kier alpha value is -3.24. The Labute approximate surface area is 155 Å². The van der Waals surface area contributed by atoms with E-state index in [2.05, 4.69) is 10.3 Å². The molecule has 0 aliphatic carbocycles. The molecule has 10 heteroatoms. The van der Waals surface area contributed by atoms with Crippen molar-refractivity contribution in [2.75, 3.05) is 5.32 Å². The molecule has 0 radical (unpaired) electrons. The molecule has 0 saturated heterocycles. The van der Waals surface area contributed by atoms with Crippen LogP contribution < -0.4 is 10.5 Å². The predicted octanol–water partition coefficient (Wildman–Crippen LogP) is 2.10. The second-order valence-electron chi connectivity index (χ2n) is 5.92. The van der Waals surface area contributed by atoms with Crippen molar-refractivity contribution in [1.29, 1.82) is 0 Å². The quantitative estimate of drug-likeness (QED) is 0.471. The molecule has 0 amide bonds. The highest BCUT2D eigenvalue weighted by molar-refractivity contribution is 7.89. The number of nitrogens with one attached hydrogen (secondary N) is 1. The normalized spacial score (nSPS) is 11.3. The molecule has 0 fully saturated rings. The van der Waals surface area contributed by atoms with Gasteiger partial charge in [0.2, 0.25) is 10.0 Å². The molecule has 0 bridgehead atoms. The molecule has 1 aromatic heterocycles. The van der Waals surface area contributed by atoms with E-state index in [1.54, 1.807) is 12.5 Å². The Morgan fingerprint density at radius 3 is 2.44 bits per heavy atom. The third-order valence-corrected chi connectivity index (χ3v) is 4.77. The minimum Gasteiger partial charge on any atom is -0.381 e. The number of nitrogens with two attached hydrogens (primary N) is 1. The lowest BCUT2D eigenvalue weighted by Gasteiger charge is -2.09. The molecule has 0 unspecified atom stereocenters. The number of nitro groups is 1. The van der Waals surface area contributed by atoms with Crippen molar-refractivity contribution in [2.24, 2.45) is 5.14 Å². The Morgan fingerprint density at radius 2 is 1.85 bits per heavy atom. The fraction of sp³-hybridized carbons (Fsp3) is 0.118. The van der Waals surface area contributed by atoms with E-state index in [-0.39, 0.29) is 10.6 Å². The van der Waals surface area contributed by atoms with Crippen LogP contribution in [0, 0.1) is 10.1 Å². The summed E-state index contributed by atoms with van der Waals surface area (Å²) in [6.45, 7) is 1.08. The van der Waals surface area contributed by atoms with E-state index in [0.29, 0.717) is 18.8 Å². The van der Waals surface area contributed by atoms with E-state index in [1.807, 2.05) is 35.0 Å². The molecule has 140 valence electrons. The molecule has 1 heterocycles. The van der Waals surface area contributed by atoms with Gasteiger partial charge in [-0.15, -0.1) is 0 Å². The Morgan fingerprint density at radius 1 is 1.15 bits per heavy atom. The van der Waals surface area contributed by atoms with Crippen molar-refractivity contribution in [3.8, 4) is 0 Å². The molecule has 0 spiro atoms. The fourth-order valence-corrected chi connectivity index (χ4v) is 3.09. The Kier molecular flexibility index (Phi) is 5.19. The van der Waals surface area contributed by atoms with Crippen LogP contribution in [-0.2, 0) is 23.1 Å². The zero-order valence-electron chi connectivity index (χ0n) is 14.1. The second kappa shape index (κ2) is 7.56. The van der Waals surface area contributed by atoms with Gasteiger partial charge in [-0.3, -0.25) is 10.1 Å². The first kappa shape index (κ1) is 18.5. The summed E-state index contributed by atoms with van der Waals surface area (Å²) in [5.74, 6) is 0. The summed E-state index contributed by atoms with van der Waals surface area (Å²) in [5, 5.41) is 19.1. The number of anilines is 1. The maximum absolute atomic E-state index is 11.5. The number of nitrogens with zero attached hydrogens (tertiary/aromatic N) is 3. The Balaban J connectivity index is 1.72. The Bertz CT molecular complexity index is 1050. The molecule has 3 rings (SSSR count). The molecular formula is C17H17N5O4S. The number of primary sulfonamides is 1. The first-order valence-corrected chi connectivity index (χ1v) is 9.45. The van der Waals surface area contributed by atoms with Crippen LogP contribution in [0.25, 0.3) is 0 Å². The van der Waals surface area contributed by atoms with Crippen molar-refractivity contribution in [1.82, 2.24) is 9.55 Å². The highest BCUT2D eigenvalue weighted by atomic mass is 32.2. The summed E-state index contributed by atoms with van der Waals surface area (Å²) in [6, 6.07) is 11.3. The smallest absolute Gasteiger partial charge is 0.272 e. The van der Waals surface area contributed by atoms with E-state index in [9.17, 15) is 18.5 Å². The monoisotopic (exact) mass is 387 g/mol. The molecule has 0 atom stereocenters. The van der Waals surface area contributed by atoms with Gasteiger partial charge in [-0.1, -0.05) is 24.3 Å². The molecule has 0 aliphatic heterocycles. The van der Waals surface area contributed by atoms with Crippen molar-refractivity contribution in [2.45, 2.75) is 18.0 Å². The molecule has 0 saturated carbocycles. The lowest BCUT2D eigenvalue weighted by Crippen LogP contribution is -2.13. The van der Waals surface area contributed by atoms with Gasteiger partial charge in [0.15, 0.2) is 0 Å². The fourth-order valence-electron chi connectivity index (χ4n) is 2.51. The average molecular weight is 387 g/mol. The van der Waals surface area contributed by atoms with Crippen molar-refractivity contribution >= 4 is 21.4 Å². The van der Waals surface area contributed by atoms with Gasteiger partial charge in [0, 0.05) is 43.3 Å². The van der Waals surface area contributed by atoms with Crippen LogP contribution in [-0.4, -0.2) is 22.9 Å². The highest BCUT2D eigenvalue weighted by Gasteiger charge is 2.16. The van der Waals surface area contributed by atoms with E-state index in [1.165, 1.54) is 12.1 Å². The van der Waals surface area contributed by atoms with Crippen LogP contribution in [0.1, 0.15) is 11.1 Å². The first-order valence-electron chi connectivity index (χ1n) is 7.91. The lowest BCUT2D eigenvalue weighted by atomic mass is 10.1. The van der Waals surface area contributed by atoms with Crippen LogP contribution in [0.3, 0.4) is 0 Å². The van der Waals surface area contributed by atoms with Gasteiger partial charge >= 0.3 is 0 Å². The van der Waals surface area contributed by atoms with Crippen LogP contribution in [0.2, 0.25) is 0 Å². The number of aromatic nitrogens is 2. The van der Waals surface area contributed by atoms with Crippen molar-refractivity contribution < 1.29 is 13.3 Å². The summed E-state index contributed by atoms with van der Waals surface area (Å²) >= 11 is 0. The maximum atomic E-state index is 11.5. The number of rotatable bonds is 7. The second-order valence-corrected chi connectivity index (χ2v) is 7.48. The van der Waals surface area contributed by atoms with Gasteiger partial charge in [-0.05, 0) is 17.2 Å². The van der Waals surface area contributed by atoms with Crippen LogP contribution in [0.15, 0.2) is 66.1 Å². The SMILES string of the molecule is NS(=O)(=O)c1cc(NCc2ccc(Cn3ccnc3)cc2)cc([N+](=O)[O-])c1. The molecular weight excluding hydrogens is 370 g/mol. The lowest BCUT2D eigenvalue weighted by molar-refractivity contribution is -0.385. The topological polar surface area (TPSA) is 133 Å². The summed E-state index contributed by atoms with van der Waals surface area (Å²) in [7, 11) is -4.05. The summed E-state index contributed by atoms with van der Waals surface area (Å²) in [6.07, 6.45) is 5.33. The van der Waals surface area contributed by atoms with E-state index >= 15 is 0 Å². The third-order valence-electron chi connectivity index (χ3n) is 3.87. The molecule has 3 aromatic rings. The van der Waals surface area contributed by atoms with Crippen LogP contribution in [0.4, 0.5) is 11.4 Å². The van der Waals surface area contributed by atoms with Crippen molar-refractivity contribution in [3.05, 3.63) is 82.4 Å². The van der Waals surface area contributed by atoms with Gasteiger partial charge in [-0.25, -0.2) is 18.5 Å². The van der Waals surface area contributed by atoms with Crippen molar-refractivity contribution in [3.63, 3.8) is 0 Å². The average Bonchev–Trinajstić information content (AvgIpc) is 3.13. The summed E-state index contributed by atoms with van der Waals surface area (Å²) < 4.78 is 25.0. The number of non-ortho nitro benzene ring substituents is 1. The summed E-state index contributed by atoms with van der Waals surface area (Å²) in [5.41, 5.74) is 1.99. The largest absolute Gasteiger partial charge is 0.381 e. The molecule has 0 aliphatic rings. The number of sulfonamides is 1. The zero-order valence-corrected chi connectivity index (χ0v) is 15.0. The minimum atomic E-state index is -4.05. The zero-order chi connectivity index (χ0) is 19.4. The maximum Gasteiger partial charge on any atom is 0.272 e. The number of hydrogen-bond acceptors (Lipinski definition) is 6. The van der Waals surface area contributed by atoms with Gasteiger partial charge in [0.05, 0.1) is 16.1 Å². The van der Waals surface area contributed by atoms with Crippen LogP contribution >= 0.6 is 0 Å². The van der Waals surface area contributed by atoms with E-state index in [0.717, 1.165) is 17.2 Å². The molecule has 9 nitrogen and oxygen atoms in total. The van der Waals surface area contributed by atoms with Gasteiger partial charge < -0.3 is 9.88 Å². The number of nitro benzene ring substituents is 1. The van der Waals surface area contributed by atoms with E-state index in [4.69, 9.17) is 5.14 Å². The molecule has 2 aromatic carbocycles. The van der Waals surface area contributed by atoms with E-state index < -0.39 is 14.9 Å². The van der Waals surface area contributed by atoms with Crippen LogP contribution in [0.5, 0.6) is 0 Å². The predicted molar refractivity (Wildman–Crippen MR) is 99.6 cm³/mol. The first-order chi connectivity index (χ1) is 12.8. The van der Waals surface area contributed by atoms with Gasteiger partial charge in [0.25, 0.3) is 5.69 Å². The standard InChI is InChI=1S/C17H17N5O4S/c18-27(25,26)17-8-15(7-16(9-17)22(23)24)20-10-13-1-3-14(4-2-13)11-21-6-5-19-12-21/h1-9,12,20H,10-11H2,(H2,18,25,26). The molecule has 27 heavy (non-hydrogen) atoms. The van der Waals surface area contributed by atoms with Gasteiger partial charge in [0.1, 0.15) is 0 Å². The number of hydrogen-bond donors (Lipinski definition) is 2. The summed E-state index contributed by atoms with van der Waals surface area (Å²) in [4.78, 5) is 14.0. The number of benzene rings is 2. The molecule has 3 N–H and O–H groups in total. The minimum absolute atomic E-state index is 0.302. The number of imidazole rings is 1.